The zero-order chi connectivity index (χ0) is 17.8. The van der Waals surface area contributed by atoms with Crippen molar-refractivity contribution in [3.05, 3.63) is 42.7 Å². The first-order valence-corrected chi connectivity index (χ1v) is 8.33. The van der Waals surface area contributed by atoms with Gasteiger partial charge in [0.15, 0.2) is 0 Å². The molecule has 2 amide bonds. The molecular formula is C18H22N4O3. The molecule has 1 fully saturated rings. The van der Waals surface area contributed by atoms with Crippen LogP contribution < -0.4 is 5.32 Å². The number of imidazole rings is 1. The second-order valence-corrected chi connectivity index (χ2v) is 5.97. The second kappa shape index (κ2) is 7.48. The van der Waals surface area contributed by atoms with Gasteiger partial charge in [0.05, 0.1) is 30.3 Å². The molecule has 0 radical (unpaired) electrons. The molecule has 2 heterocycles. The van der Waals surface area contributed by atoms with Gasteiger partial charge in [0.1, 0.15) is 12.4 Å². The third-order valence-corrected chi connectivity index (χ3v) is 4.27. The highest BCUT2D eigenvalue weighted by Gasteiger charge is 2.22. The monoisotopic (exact) mass is 342 g/mol. The lowest BCUT2D eigenvalue weighted by Gasteiger charge is -2.27. The molecule has 132 valence electrons. The quantitative estimate of drug-likeness (QED) is 0.830. The van der Waals surface area contributed by atoms with E-state index >= 15 is 0 Å². The highest BCUT2D eigenvalue weighted by atomic mass is 16.5. The summed E-state index contributed by atoms with van der Waals surface area (Å²) < 4.78 is 7.18. The van der Waals surface area contributed by atoms with Crippen LogP contribution in [-0.2, 0) is 20.9 Å². The molecule has 7 nitrogen and oxygen atoms in total. The van der Waals surface area contributed by atoms with Crippen molar-refractivity contribution in [2.75, 3.05) is 26.3 Å². The summed E-state index contributed by atoms with van der Waals surface area (Å²) in [7, 11) is 0. The fraction of sp³-hybridized carbons (Fsp3) is 0.389. The highest BCUT2D eigenvalue weighted by molar-refractivity contribution is 5.87. The number of morpholine rings is 1. The largest absolute Gasteiger partial charge is 0.378 e. The Kier molecular flexibility index (Phi) is 5.14. The average molecular weight is 342 g/mol. The zero-order valence-electron chi connectivity index (χ0n) is 14.3. The van der Waals surface area contributed by atoms with E-state index in [1.54, 1.807) is 4.90 Å². The Morgan fingerprint density at radius 1 is 1.36 bits per heavy atom. The summed E-state index contributed by atoms with van der Waals surface area (Å²) in [6, 6.07) is 7.31. The summed E-state index contributed by atoms with van der Waals surface area (Å²) in [6.07, 6.45) is 1.22. The summed E-state index contributed by atoms with van der Waals surface area (Å²) in [5, 5.41) is 2.81. The van der Waals surface area contributed by atoms with Gasteiger partial charge in [0.2, 0.25) is 11.8 Å². The van der Waals surface area contributed by atoms with E-state index in [1.165, 1.54) is 6.08 Å². The molecule has 1 saturated heterocycles. The van der Waals surface area contributed by atoms with Crippen molar-refractivity contribution in [1.82, 2.24) is 19.8 Å². The lowest BCUT2D eigenvalue weighted by molar-refractivity contribution is -0.135. The summed E-state index contributed by atoms with van der Waals surface area (Å²) in [5.41, 5.74) is 1.67. The first kappa shape index (κ1) is 17.2. The number of ether oxygens (including phenoxy) is 1. The lowest BCUT2D eigenvalue weighted by Crippen LogP contribution is -2.42. The smallest absolute Gasteiger partial charge is 0.243 e. The topological polar surface area (TPSA) is 76.5 Å². The predicted molar refractivity (Wildman–Crippen MR) is 93.9 cm³/mol. The predicted octanol–water partition coefficient (Wildman–Crippen LogP) is 1.26. The van der Waals surface area contributed by atoms with Crippen LogP contribution in [0.5, 0.6) is 0 Å². The molecule has 0 bridgehead atoms. The first-order chi connectivity index (χ1) is 12.1. The van der Waals surface area contributed by atoms with Gasteiger partial charge in [-0.2, -0.15) is 0 Å². The number of rotatable bonds is 5. The Labute approximate surface area is 146 Å². The van der Waals surface area contributed by atoms with Crippen molar-refractivity contribution < 1.29 is 14.3 Å². The number of hydrogen-bond donors (Lipinski definition) is 1. The molecule has 25 heavy (non-hydrogen) atoms. The van der Waals surface area contributed by atoms with Crippen LogP contribution in [0.2, 0.25) is 0 Å². The highest BCUT2D eigenvalue weighted by Crippen LogP contribution is 2.21. The lowest BCUT2D eigenvalue weighted by atomic mass is 10.3. The molecule has 2 aromatic rings. The van der Waals surface area contributed by atoms with Crippen LogP contribution in [0.1, 0.15) is 18.8 Å². The average Bonchev–Trinajstić information content (AvgIpc) is 3.01. The van der Waals surface area contributed by atoms with E-state index in [1.807, 2.05) is 35.8 Å². The van der Waals surface area contributed by atoms with Gasteiger partial charge in [0, 0.05) is 13.1 Å². The van der Waals surface area contributed by atoms with Gasteiger partial charge >= 0.3 is 0 Å². The third kappa shape index (κ3) is 3.71. The molecule has 7 heteroatoms. The molecule has 1 aromatic heterocycles. The Morgan fingerprint density at radius 3 is 2.80 bits per heavy atom. The van der Waals surface area contributed by atoms with Crippen LogP contribution in [0.25, 0.3) is 11.0 Å². The number of nitrogens with zero attached hydrogens (tertiary/aromatic N) is 3. The van der Waals surface area contributed by atoms with Gasteiger partial charge in [-0.1, -0.05) is 18.7 Å². The van der Waals surface area contributed by atoms with Crippen LogP contribution in [0.3, 0.4) is 0 Å². The fourth-order valence-electron chi connectivity index (χ4n) is 2.98. The zero-order valence-corrected chi connectivity index (χ0v) is 14.3. The normalized spacial score (nSPS) is 15.8. The molecule has 1 N–H and O–H groups in total. The van der Waals surface area contributed by atoms with E-state index in [0.29, 0.717) is 32.1 Å². The maximum absolute atomic E-state index is 12.7. The number of aromatic nitrogens is 2. The van der Waals surface area contributed by atoms with Crippen LogP contribution in [0.4, 0.5) is 0 Å². The minimum absolute atomic E-state index is 0.0231. The standard InChI is InChI=1S/C18H22N4O3/c1-3-16(23)19-13(2)18-20-14-6-4-5-7-15(14)22(18)12-17(24)21-8-10-25-11-9-21/h3-7,13H,1,8-12H2,2H3,(H,19,23). The Balaban J connectivity index is 1.91. The molecule has 0 saturated carbocycles. The number of carbonyl (C=O) groups excluding carboxylic acids is 2. The number of para-hydroxylation sites is 2. The molecule has 1 aliphatic heterocycles. The van der Waals surface area contributed by atoms with Gasteiger partial charge < -0.3 is 19.5 Å². The van der Waals surface area contributed by atoms with Crippen molar-refractivity contribution >= 4 is 22.8 Å². The number of fused-ring (bicyclic) bond motifs is 1. The number of hydrogen-bond acceptors (Lipinski definition) is 4. The van der Waals surface area contributed by atoms with E-state index in [9.17, 15) is 9.59 Å². The van der Waals surface area contributed by atoms with E-state index in [4.69, 9.17) is 4.74 Å². The summed E-state index contributed by atoms with van der Waals surface area (Å²) >= 11 is 0. The van der Waals surface area contributed by atoms with Gasteiger partial charge in [0.25, 0.3) is 0 Å². The van der Waals surface area contributed by atoms with Crippen molar-refractivity contribution in [3.8, 4) is 0 Å². The minimum atomic E-state index is -0.338. The van der Waals surface area contributed by atoms with Gasteiger partial charge in [-0.3, -0.25) is 9.59 Å². The number of nitrogens with one attached hydrogen (secondary N) is 1. The fourth-order valence-corrected chi connectivity index (χ4v) is 2.98. The number of benzene rings is 1. The summed E-state index contributed by atoms with van der Waals surface area (Å²) in [5.74, 6) is 0.401. The second-order valence-electron chi connectivity index (χ2n) is 5.97. The van der Waals surface area contributed by atoms with Crippen LogP contribution in [-0.4, -0.2) is 52.6 Å². The molecule has 3 rings (SSSR count). The van der Waals surface area contributed by atoms with Crippen molar-refractivity contribution in [3.63, 3.8) is 0 Å². The van der Waals surface area contributed by atoms with Gasteiger partial charge in [-0.25, -0.2) is 4.98 Å². The van der Waals surface area contributed by atoms with Crippen molar-refractivity contribution in [1.29, 1.82) is 0 Å². The van der Waals surface area contributed by atoms with E-state index < -0.39 is 0 Å². The van der Waals surface area contributed by atoms with E-state index in [-0.39, 0.29) is 24.4 Å². The number of amides is 2. The Bertz CT molecular complexity index is 793. The van der Waals surface area contributed by atoms with Crippen molar-refractivity contribution in [2.45, 2.75) is 19.5 Å². The van der Waals surface area contributed by atoms with Crippen LogP contribution in [0.15, 0.2) is 36.9 Å². The molecular weight excluding hydrogens is 320 g/mol. The molecule has 1 unspecified atom stereocenters. The van der Waals surface area contributed by atoms with Crippen LogP contribution in [0, 0.1) is 0 Å². The molecule has 1 aromatic carbocycles. The summed E-state index contributed by atoms with van der Waals surface area (Å²) in [6.45, 7) is 7.83. The van der Waals surface area contributed by atoms with E-state index in [0.717, 1.165) is 11.0 Å². The maximum Gasteiger partial charge on any atom is 0.243 e. The third-order valence-electron chi connectivity index (χ3n) is 4.27. The maximum atomic E-state index is 12.7. The number of carbonyl (C=O) groups is 2. The van der Waals surface area contributed by atoms with E-state index in [2.05, 4.69) is 16.9 Å². The van der Waals surface area contributed by atoms with Crippen molar-refractivity contribution in [2.24, 2.45) is 0 Å². The molecule has 0 spiro atoms. The molecule has 0 aliphatic carbocycles. The SMILES string of the molecule is C=CC(=O)NC(C)c1nc2ccccc2n1CC(=O)N1CCOCC1. The van der Waals surface area contributed by atoms with Crippen LogP contribution >= 0.6 is 0 Å². The molecule has 1 atom stereocenters. The Morgan fingerprint density at radius 2 is 2.08 bits per heavy atom. The van der Waals surface area contributed by atoms with Gasteiger partial charge in [-0.15, -0.1) is 0 Å². The molecule has 1 aliphatic rings. The summed E-state index contributed by atoms with van der Waals surface area (Å²) in [4.78, 5) is 30.7. The minimum Gasteiger partial charge on any atom is -0.378 e. The van der Waals surface area contributed by atoms with Gasteiger partial charge in [-0.05, 0) is 25.1 Å². The Hall–Kier alpha value is -2.67. The first-order valence-electron chi connectivity index (χ1n) is 8.33.